The number of nitrogens with zero attached hydrogens (tertiary/aromatic N) is 1. The second-order valence-electron chi connectivity index (χ2n) is 9.71. The molecule has 0 spiro atoms. The van der Waals surface area contributed by atoms with Gasteiger partial charge in [0.05, 0.1) is 23.1 Å². The second kappa shape index (κ2) is 7.38. The van der Waals surface area contributed by atoms with E-state index in [-0.39, 0.29) is 53.4 Å². The highest BCUT2D eigenvalue weighted by molar-refractivity contribution is 6.22. The number of anilines is 1. The number of carboxylic acid groups (broad SMARTS) is 1. The van der Waals surface area contributed by atoms with Crippen LogP contribution < -0.4 is 9.64 Å². The number of carboxylic acids is 1. The van der Waals surface area contributed by atoms with E-state index in [1.807, 2.05) is 0 Å². The lowest BCUT2D eigenvalue weighted by Crippen LogP contribution is -2.40. The maximum absolute atomic E-state index is 13.2. The van der Waals surface area contributed by atoms with Crippen LogP contribution in [0.15, 0.2) is 54.6 Å². The van der Waals surface area contributed by atoms with Crippen LogP contribution in [0, 0.1) is 42.4 Å². The van der Waals surface area contributed by atoms with Crippen LogP contribution in [0.25, 0.3) is 0 Å². The topological polar surface area (TPSA) is 101 Å². The van der Waals surface area contributed by atoms with Crippen molar-refractivity contribution in [1.29, 1.82) is 0 Å². The van der Waals surface area contributed by atoms with Gasteiger partial charge in [-0.2, -0.15) is 0 Å². The Kier molecular flexibility index (Phi) is 4.52. The minimum atomic E-state index is -1.04. The fourth-order valence-corrected chi connectivity index (χ4v) is 6.21. The minimum Gasteiger partial charge on any atom is -0.485 e. The molecule has 172 valence electrons. The largest absolute Gasteiger partial charge is 0.485 e. The number of hydrogen-bond acceptors (Lipinski definition) is 5. The lowest BCUT2D eigenvalue weighted by molar-refractivity contribution is -0.124. The summed E-state index contributed by atoms with van der Waals surface area (Å²) in [6.07, 6.45) is 5.43. The van der Waals surface area contributed by atoms with Gasteiger partial charge in [0.1, 0.15) is 5.75 Å². The summed E-state index contributed by atoms with van der Waals surface area (Å²) in [5, 5.41) is 9.13. The monoisotopic (exact) mass is 457 g/mol. The first-order valence-electron chi connectivity index (χ1n) is 11.5. The molecule has 3 fully saturated rings. The average molecular weight is 457 g/mol. The van der Waals surface area contributed by atoms with Gasteiger partial charge in [0.15, 0.2) is 12.4 Å². The van der Waals surface area contributed by atoms with E-state index in [4.69, 9.17) is 9.84 Å². The Morgan fingerprint density at radius 2 is 1.59 bits per heavy atom. The third-order valence-electron chi connectivity index (χ3n) is 7.91. The van der Waals surface area contributed by atoms with Crippen molar-refractivity contribution in [3.63, 3.8) is 0 Å². The number of benzene rings is 2. The first kappa shape index (κ1) is 20.8. The zero-order chi connectivity index (χ0) is 23.7. The molecule has 7 heteroatoms. The van der Waals surface area contributed by atoms with E-state index in [1.54, 1.807) is 31.2 Å². The fraction of sp³-hybridized carbons (Fsp3) is 0.333. The zero-order valence-electron chi connectivity index (χ0n) is 18.5. The van der Waals surface area contributed by atoms with Gasteiger partial charge in [-0.3, -0.25) is 19.3 Å². The first-order valence-corrected chi connectivity index (χ1v) is 11.5. The zero-order valence-corrected chi connectivity index (χ0v) is 18.5. The van der Waals surface area contributed by atoms with Crippen molar-refractivity contribution in [2.45, 2.75) is 13.3 Å². The Labute approximate surface area is 196 Å². The maximum atomic E-state index is 13.2. The SMILES string of the molecule is Cc1cc(C(=O)COc2ccc(N3C(=O)[C@@H]4[C@@H]5C=C[C@@H]([C@H]6C[C@@H]56)[C@@H]4C3=O)cc2)ccc1C(=O)O. The lowest BCUT2D eigenvalue weighted by atomic mass is 9.63. The van der Waals surface area contributed by atoms with Crippen LogP contribution in [-0.4, -0.2) is 35.3 Å². The fourth-order valence-electron chi connectivity index (χ4n) is 6.21. The summed E-state index contributed by atoms with van der Waals surface area (Å²) in [6, 6.07) is 11.1. The van der Waals surface area contributed by atoms with E-state index in [9.17, 15) is 19.2 Å². The number of ketones is 1. The number of hydrogen-bond donors (Lipinski definition) is 1. The summed E-state index contributed by atoms with van der Waals surface area (Å²) in [5.74, 6) is -0.0841. The molecule has 1 aliphatic heterocycles. The molecule has 5 aliphatic rings. The van der Waals surface area contributed by atoms with Gasteiger partial charge in [-0.25, -0.2) is 4.79 Å². The molecule has 6 atom stereocenters. The number of aryl methyl sites for hydroxylation is 1. The van der Waals surface area contributed by atoms with Crippen molar-refractivity contribution >= 4 is 29.3 Å². The molecule has 1 N–H and O–H groups in total. The molecular weight excluding hydrogens is 434 g/mol. The van der Waals surface area contributed by atoms with Gasteiger partial charge in [-0.1, -0.05) is 18.2 Å². The van der Waals surface area contributed by atoms with Crippen LogP contribution in [0.1, 0.15) is 32.7 Å². The highest BCUT2D eigenvalue weighted by atomic mass is 16.5. The molecule has 2 bridgehead atoms. The first-order chi connectivity index (χ1) is 16.3. The standard InChI is InChI=1S/C27H23NO6/c1-13-10-14(2-7-17(13)27(32)33)22(29)12-34-16-5-3-15(4-6-16)28-25(30)23-18-8-9-19(21-11-20(18)21)24(23)26(28)31/h2-10,18-21,23-24H,11-12H2,1H3,(H,32,33)/t18-,19+,20+,21-,23-,24+. The van der Waals surface area contributed by atoms with Crippen LogP contribution in [-0.2, 0) is 9.59 Å². The van der Waals surface area contributed by atoms with Crippen molar-refractivity contribution in [3.05, 3.63) is 71.3 Å². The third kappa shape index (κ3) is 3.03. The Morgan fingerprint density at radius 3 is 2.15 bits per heavy atom. The van der Waals surface area contributed by atoms with Gasteiger partial charge in [-0.15, -0.1) is 0 Å². The molecule has 4 aliphatic carbocycles. The highest BCUT2D eigenvalue weighted by Gasteiger charge is 2.67. The molecular formula is C27H23NO6. The van der Waals surface area contributed by atoms with Crippen LogP contribution in [0.5, 0.6) is 5.75 Å². The van der Waals surface area contributed by atoms with E-state index in [2.05, 4.69) is 12.2 Å². The second-order valence-corrected chi connectivity index (χ2v) is 9.71. The summed E-state index contributed by atoms with van der Waals surface area (Å²) in [7, 11) is 0. The van der Waals surface area contributed by atoms with E-state index >= 15 is 0 Å². The number of carbonyl (C=O) groups excluding carboxylic acids is 3. The summed E-state index contributed by atoms with van der Waals surface area (Å²) >= 11 is 0. The molecule has 34 heavy (non-hydrogen) atoms. The molecule has 2 aromatic carbocycles. The van der Waals surface area contributed by atoms with E-state index < -0.39 is 5.97 Å². The molecule has 2 amide bonds. The van der Waals surface area contributed by atoms with Crippen molar-refractivity contribution in [2.24, 2.45) is 35.5 Å². The van der Waals surface area contributed by atoms with Gasteiger partial charge in [0, 0.05) is 5.56 Å². The average Bonchev–Trinajstić information content (AvgIpc) is 3.61. The van der Waals surface area contributed by atoms with Crippen LogP contribution >= 0.6 is 0 Å². The quantitative estimate of drug-likeness (QED) is 0.405. The Hall–Kier alpha value is -3.74. The normalized spacial score (nSPS) is 30.2. The molecule has 1 heterocycles. The summed E-state index contributed by atoms with van der Waals surface area (Å²) in [4.78, 5) is 51.4. The van der Waals surface area contributed by atoms with Crippen LogP contribution in [0.3, 0.4) is 0 Å². The maximum Gasteiger partial charge on any atom is 0.335 e. The van der Waals surface area contributed by atoms with E-state index in [0.29, 0.717) is 34.4 Å². The molecule has 2 saturated carbocycles. The molecule has 7 nitrogen and oxygen atoms in total. The number of carbonyl (C=O) groups is 4. The van der Waals surface area contributed by atoms with Crippen LogP contribution in [0.2, 0.25) is 0 Å². The number of allylic oxidation sites excluding steroid dienone is 2. The molecule has 7 rings (SSSR count). The predicted octanol–water partition coefficient (Wildman–Crippen LogP) is 3.51. The summed E-state index contributed by atoms with van der Waals surface area (Å²) in [6.45, 7) is 1.43. The Morgan fingerprint density at radius 1 is 0.971 bits per heavy atom. The number of rotatable bonds is 6. The predicted molar refractivity (Wildman–Crippen MR) is 122 cm³/mol. The third-order valence-corrected chi connectivity index (χ3v) is 7.91. The number of Topliss-reactive ketones (excluding diaryl/α,β-unsaturated/α-hetero) is 1. The number of imide groups is 1. The summed E-state index contributed by atoms with van der Waals surface area (Å²) in [5.41, 5.74) is 1.55. The highest BCUT2D eigenvalue weighted by Crippen LogP contribution is 2.65. The number of amides is 2. The van der Waals surface area contributed by atoms with Crippen molar-refractivity contribution in [3.8, 4) is 5.75 Å². The minimum absolute atomic E-state index is 0.108. The number of ether oxygens (including phenoxy) is 1. The number of aromatic carboxylic acids is 1. The van der Waals surface area contributed by atoms with Crippen LogP contribution in [0.4, 0.5) is 5.69 Å². The van der Waals surface area contributed by atoms with Gasteiger partial charge < -0.3 is 9.84 Å². The molecule has 2 aromatic rings. The molecule has 0 radical (unpaired) electrons. The summed E-state index contributed by atoms with van der Waals surface area (Å²) < 4.78 is 5.61. The molecule has 0 aromatic heterocycles. The van der Waals surface area contributed by atoms with Gasteiger partial charge in [0.25, 0.3) is 0 Å². The van der Waals surface area contributed by atoms with E-state index in [0.717, 1.165) is 6.42 Å². The van der Waals surface area contributed by atoms with Crippen molar-refractivity contribution in [1.82, 2.24) is 0 Å². The lowest BCUT2D eigenvalue weighted by Gasteiger charge is -2.37. The van der Waals surface area contributed by atoms with Gasteiger partial charge in [-0.05, 0) is 79.0 Å². The molecule has 0 unspecified atom stereocenters. The van der Waals surface area contributed by atoms with E-state index in [1.165, 1.54) is 23.1 Å². The molecule has 1 saturated heterocycles. The van der Waals surface area contributed by atoms with Crippen molar-refractivity contribution < 1.29 is 29.0 Å². The van der Waals surface area contributed by atoms with Gasteiger partial charge >= 0.3 is 5.97 Å². The Bertz CT molecular complexity index is 1240. The van der Waals surface area contributed by atoms with Crippen molar-refractivity contribution in [2.75, 3.05) is 11.5 Å². The Balaban J connectivity index is 1.13. The smallest absolute Gasteiger partial charge is 0.335 e. The van der Waals surface area contributed by atoms with Gasteiger partial charge in [0.2, 0.25) is 11.8 Å².